The fourth-order valence-corrected chi connectivity index (χ4v) is 4.28. The number of benzene rings is 2. The van der Waals surface area contributed by atoms with Crippen molar-refractivity contribution in [2.24, 2.45) is 0 Å². The van der Waals surface area contributed by atoms with E-state index in [0.717, 1.165) is 12.0 Å². The van der Waals surface area contributed by atoms with Gasteiger partial charge < -0.3 is 9.84 Å². The summed E-state index contributed by atoms with van der Waals surface area (Å²) in [6, 6.07) is 15.9. The average Bonchev–Trinajstić information content (AvgIpc) is 2.95. The quantitative estimate of drug-likeness (QED) is 0.147. The van der Waals surface area contributed by atoms with Crippen LogP contribution in [0.5, 0.6) is 0 Å². The molecule has 0 radical (unpaired) electrons. The summed E-state index contributed by atoms with van der Waals surface area (Å²) in [5, 5.41) is 8.38. The van der Waals surface area contributed by atoms with Gasteiger partial charge in [-0.1, -0.05) is 139 Å². The van der Waals surface area contributed by atoms with Crippen LogP contribution in [-0.2, 0) is 4.74 Å². The molecule has 210 valence electrons. The molecular formula is C34H50O4. The number of carbonyl (C=O) groups excluding carboxylic acids is 1. The summed E-state index contributed by atoms with van der Waals surface area (Å²) in [4.78, 5) is 21.6. The van der Waals surface area contributed by atoms with E-state index in [0.29, 0.717) is 11.1 Å². The predicted octanol–water partition coefficient (Wildman–Crippen LogP) is 10.1. The van der Waals surface area contributed by atoms with Gasteiger partial charge in [-0.2, -0.15) is 0 Å². The third kappa shape index (κ3) is 17.6. The van der Waals surface area contributed by atoms with Crippen LogP contribution in [0.3, 0.4) is 0 Å². The Bertz CT molecular complexity index is 871. The topological polar surface area (TPSA) is 63.6 Å². The number of rotatable bonds is 19. The Balaban J connectivity index is 0.000000671. The van der Waals surface area contributed by atoms with Crippen molar-refractivity contribution in [3.05, 3.63) is 77.4 Å². The van der Waals surface area contributed by atoms with Crippen molar-refractivity contribution in [2.45, 2.75) is 110 Å². The maximum atomic E-state index is 11.4. The van der Waals surface area contributed by atoms with Crippen molar-refractivity contribution >= 4 is 18.0 Å². The molecule has 0 aliphatic heterocycles. The molecule has 0 amide bonds. The van der Waals surface area contributed by atoms with Gasteiger partial charge in [0.05, 0.1) is 18.2 Å². The zero-order chi connectivity index (χ0) is 27.7. The van der Waals surface area contributed by atoms with E-state index >= 15 is 0 Å². The van der Waals surface area contributed by atoms with Crippen molar-refractivity contribution in [3.63, 3.8) is 0 Å². The van der Waals surface area contributed by atoms with E-state index in [1.807, 2.05) is 24.3 Å². The first kappa shape index (κ1) is 33.1. The lowest BCUT2D eigenvalue weighted by Crippen LogP contribution is -2.00. The summed E-state index contributed by atoms with van der Waals surface area (Å²) in [6.07, 6.45) is 26.6. The second-order valence-electron chi connectivity index (χ2n) is 9.93. The zero-order valence-corrected chi connectivity index (χ0v) is 23.8. The lowest BCUT2D eigenvalue weighted by molar-refractivity contribution is 0.0599. The van der Waals surface area contributed by atoms with Gasteiger partial charge in [0.25, 0.3) is 0 Å². The van der Waals surface area contributed by atoms with Crippen LogP contribution in [0.1, 0.15) is 136 Å². The predicted molar refractivity (Wildman–Crippen MR) is 160 cm³/mol. The van der Waals surface area contributed by atoms with Crippen LogP contribution in [0.4, 0.5) is 0 Å². The van der Waals surface area contributed by atoms with Gasteiger partial charge in [-0.15, -0.1) is 0 Å². The normalized spacial score (nSPS) is 10.7. The largest absolute Gasteiger partial charge is 0.478 e. The highest BCUT2D eigenvalue weighted by atomic mass is 16.5. The molecule has 0 unspecified atom stereocenters. The molecule has 1 N–H and O–H groups in total. The third-order valence-electron chi connectivity index (χ3n) is 6.64. The van der Waals surface area contributed by atoms with Gasteiger partial charge in [0.2, 0.25) is 0 Å². The summed E-state index contributed by atoms with van der Waals surface area (Å²) >= 11 is 0. The fourth-order valence-electron chi connectivity index (χ4n) is 4.28. The Morgan fingerprint density at radius 1 is 0.658 bits per heavy atom. The average molecular weight is 523 g/mol. The number of allylic oxidation sites excluding steroid dienone is 1. The SMILES string of the molecule is CCCCCCCCCCCCCCCCCC=Cc1ccc(C(=O)OC)cc1.O=C(O)c1ccccc1. The van der Waals surface area contributed by atoms with Crippen LogP contribution >= 0.6 is 0 Å². The Morgan fingerprint density at radius 2 is 1.13 bits per heavy atom. The van der Waals surface area contributed by atoms with Gasteiger partial charge in [-0.25, -0.2) is 9.59 Å². The molecule has 0 saturated heterocycles. The molecule has 0 aliphatic carbocycles. The minimum absolute atomic E-state index is 0.279. The van der Waals surface area contributed by atoms with Crippen LogP contribution in [0.15, 0.2) is 60.7 Å². The molecule has 0 atom stereocenters. The first-order chi connectivity index (χ1) is 18.6. The van der Waals surface area contributed by atoms with Gasteiger partial charge in [0.1, 0.15) is 0 Å². The van der Waals surface area contributed by atoms with Crippen LogP contribution in [0.25, 0.3) is 6.08 Å². The molecule has 0 spiro atoms. The summed E-state index contributed by atoms with van der Waals surface area (Å²) in [5.41, 5.74) is 2.07. The maximum Gasteiger partial charge on any atom is 0.337 e. The van der Waals surface area contributed by atoms with Gasteiger partial charge >= 0.3 is 11.9 Å². The van der Waals surface area contributed by atoms with Crippen LogP contribution < -0.4 is 0 Å². The number of methoxy groups -OCH3 is 1. The summed E-state index contributed by atoms with van der Waals surface area (Å²) in [6.45, 7) is 2.29. The monoisotopic (exact) mass is 522 g/mol. The van der Waals surface area contributed by atoms with Crippen molar-refractivity contribution < 1.29 is 19.4 Å². The lowest BCUT2D eigenvalue weighted by atomic mass is 10.0. The van der Waals surface area contributed by atoms with E-state index in [9.17, 15) is 9.59 Å². The molecule has 4 heteroatoms. The highest BCUT2D eigenvalue weighted by molar-refractivity contribution is 5.89. The number of carbonyl (C=O) groups is 2. The van der Waals surface area contributed by atoms with Gasteiger partial charge in [0.15, 0.2) is 0 Å². The van der Waals surface area contributed by atoms with Crippen molar-refractivity contribution in [1.82, 2.24) is 0 Å². The molecule has 4 nitrogen and oxygen atoms in total. The first-order valence-corrected chi connectivity index (χ1v) is 14.7. The third-order valence-corrected chi connectivity index (χ3v) is 6.64. The molecule has 0 saturated carbocycles. The maximum absolute atomic E-state index is 11.4. The number of hydrogen-bond acceptors (Lipinski definition) is 3. The smallest absolute Gasteiger partial charge is 0.337 e. The summed E-state index contributed by atoms with van der Waals surface area (Å²) < 4.78 is 4.72. The summed E-state index contributed by atoms with van der Waals surface area (Å²) in [5.74, 6) is -1.16. The molecule has 0 aliphatic rings. The second kappa shape index (κ2) is 23.3. The lowest BCUT2D eigenvalue weighted by Gasteiger charge is -2.03. The van der Waals surface area contributed by atoms with Gasteiger partial charge in [0, 0.05) is 0 Å². The number of unbranched alkanes of at least 4 members (excludes halogenated alkanes) is 15. The second-order valence-corrected chi connectivity index (χ2v) is 9.93. The first-order valence-electron chi connectivity index (χ1n) is 14.7. The van der Waals surface area contributed by atoms with Crippen molar-refractivity contribution in [1.29, 1.82) is 0 Å². The molecule has 2 aromatic rings. The molecule has 0 bridgehead atoms. The van der Waals surface area contributed by atoms with E-state index < -0.39 is 5.97 Å². The van der Waals surface area contributed by atoms with E-state index in [-0.39, 0.29) is 5.97 Å². The molecule has 38 heavy (non-hydrogen) atoms. The number of ether oxygens (including phenoxy) is 1. The number of aromatic carboxylic acids is 1. The number of esters is 1. The molecular weight excluding hydrogens is 472 g/mol. The number of carboxylic acids is 1. The Hall–Kier alpha value is -2.88. The minimum Gasteiger partial charge on any atom is -0.478 e. The zero-order valence-electron chi connectivity index (χ0n) is 23.8. The van der Waals surface area contributed by atoms with Crippen LogP contribution in [0, 0.1) is 0 Å². The van der Waals surface area contributed by atoms with Crippen LogP contribution in [0.2, 0.25) is 0 Å². The highest BCUT2D eigenvalue weighted by Crippen LogP contribution is 2.14. The standard InChI is InChI=1S/C27H44O2.C7H6O2/c1-3-4-5-6-7-8-9-10-11-12-13-14-15-16-17-18-19-20-25-21-23-26(24-22-25)27(28)29-2;8-7(9)6-4-2-1-3-5-6/h19-24H,3-18H2,1-2H3;1-5H,(H,8,9). The van der Waals surface area contributed by atoms with Gasteiger partial charge in [-0.3, -0.25) is 0 Å². The van der Waals surface area contributed by atoms with E-state index in [1.165, 1.54) is 103 Å². The molecule has 0 aromatic heterocycles. The van der Waals surface area contributed by atoms with Crippen molar-refractivity contribution in [2.75, 3.05) is 7.11 Å². The molecule has 0 heterocycles. The van der Waals surface area contributed by atoms with Crippen molar-refractivity contribution in [3.8, 4) is 0 Å². The van der Waals surface area contributed by atoms with E-state index in [2.05, 4.69) is 19.1 Å². The van der Waals surface area contributed by atoms with E-state index in [1.54, 1.807) is 30.3 Å². The molecule has 0 fully saturated rings. The summed E-state index contributed by atoms with van der Waals surface area (Å²) in [7, 11) is 1.41. The number of carboxylic acid groups (broad SMARTS) is 1. The highest BCUT2D eigenvalue weighted by Gasteiger charge is 2.03. The minimum atomic E-state index is -0.879. The Labute approximate surface area is 231 Å². The Morgan fingerprint density at radius 3 is 1.55 bits per heavy atom. The van der Waals surface area contributed by atoms with E-state index in [4.69, 9.17) is 9.84 Å². The number of hydrogen-bond donors (Lipinski definition) is 1. The molecule has 2 aromatic carbocycles. The van der Waals surface area contributed by atoms with Crippen LogP contribution in [-0.4, -0.2) is 24.2 Å². The molecule has 2 rings (SSSR count). The fraction of sp³-hybridized carbons (Fsp3) is 0.529. The Kier molecular flexibility index (Phi) is 20.3. The van der Waals surface area contributed by atoms with Gasteiger partial charge in [-0.05, 0) is 42.7 Å².